The summed E-state index contributed by atoms with van der Waals surface area (Å²) < 4.78 is 16.0. The molecule has 1 amide bonds. The van der Waals surface area contributed by atoms with Crippen LogP contribution >= 0.6 is 0 Å². The quantitative estimate of drug-likeness (QED) is 0.527. The molecule has 4 heterocycles. The maximum absolute atomic E-state index is 14.3. The number of carbonyl (C=O) groups excluding carboxylic acids is 1. The van der Waals surface area contributed by atoms with Crippen molar-refractivity contribution in [3.63, 3.8) is 0 Å². The maximum Gasteiger partial charge on any atom is 0.235 e. The SMILES string of the molecule is CC1(C)C(=O)Nc2nc(-c3nn(Cc4ccccc4F)c4ncccc34)nc(C3CC3)c21. The Morgan fingerprint density at radius 3 is 2.75 bits per heavy atom. The van der Waals surface area contributed by atoms with Crippen LogP contribution in [0.3, 0.4) is 0 Å². The molecule has 4 aromatic rings. The first kappa shape index (κ1) is 19.0. The lowest BCUT2D eigenvalue weighted by molar-refractivity contribution is -0.119. The minimum Gasteiger partial charge on any atom is -0.310 e. The van der Waals surface area contributed by atoms with Crippen molar-refractivity contribution >= 4 is 22.8 Å². The summed E-state index contributed by atoms with van der Waals surface area (Å²) in [7, 11) is 0. The number of halogens is 1. The second-order valence-electron chi connectivity index (χ2n) is 8.98. The lowest BCUT2D eigenvalue weighted by Gasteiger charge is -2.18. The molecule has 1 saturated carbocycles. The average Bonchev–Trinajstić information content (AvgIpc) is 3.52. The molecule has 1 aromatic carbocycles. The fraction of sp³-hybridized carbons (Fsp3) is 0.292. The van der Waals surface area contributed by atoms with Gasteiger partial charge in [0.1, 0.15) is 17.3 Å². The second-order valence-corrected chi connectivity index (χ2v) is 8.98. The molecule has 0 unspecified atom stereocenters. The third-order valence-electron chi connectivity index (χ3n) is 6.32. The standard InChI is InChI=1S/C24H21FN6O/c1-24(2)17-18(13-9-10-13)27-21(28-20(17)29-23(24)32)19-15-7-5-11-26-22(15)31(30-19)12-14-6-3-4-8-16(14)25/h3-8,11,13H,9-10,12H2,1-2H3,(H,27,28,29,32). The summed E-state index contributed by atoms with van der Waals surface area (Å²) in [5, 5.41) is 8.47. The third kappa shape index (κ3) is 2.82. The molecule has 0 atom stereocenters. The summed E-state index contributed by atoms with van der Waals surface area (Å²) in [6.45, 7) is 4.06. The highest BCUT2D eigenvalue weighted by Crippen LogP contribution is 2.48. The largest absolute Gasteiger partial charge is 0.310 e. The molecule has 1 fully saturated rings. The van der Waals surface area contributed by atoms with Gasteiger partial charge in [0.25, 0.3) is 0 Å². The number of fused-ring (bicyclic) bond motifs is 2. The zero-order valence-electron chi connectivity index (χ0n) is 17.8. The molecule has 7 nitrogen and oxygen atoms in total. The molecule has 1 aliphatic heterocycles. The van der Waals surface area contributed by atoms with Gasteiger partial charge in [-0.2, -0.15) is 5.10 Å². The van der Waals surface area contributed by atoms with E-state index in [1.165, 1.54) is 6.07 Å². The molecule has 8 heteroatoms. The van der Waals surface area contributed by atoms with Crippen LogP contribution < -0.4 is 5.32 Å². The number of hydrogen-bond acceptors (Lipinski definition) is 5. The number of rotatable bonds is 4. The molecule has 0 radical (unpaired) electrons. The summed E-state index contributed by atoms with van der Waals surface area (Å²) in [6, 6.07) is 10.4. The lowest BCUT2D eigenvalue weighted by Crippen LogP contribution is -2.27. The Morgan fingerprint density at radius 2 is 1.97 bits per heavy atom. The van der Waals surface area contributed by atoms with Gasteiger partial charge in [-0.3, -0.25) is 4.79 Å². The van der Waals surface area contributed by atoms with Crippen LogP contribution in [-0.2, 0) is 16.8 Å². The molecule has 1 N–H and O–H groups in total. The predicted molar refractivity (Wildman–Crippen MR) is 118 cm³/mol. The zero-order chi connectivity index (χ0) is 22.0. The topological polar surface area (TPSA) is 85.6 Å². The summed E-state index contributed by atoms with van der Waals surface area (Å²) in [5.41, 5.74) is 2.88. The van der Waals surface area contributed by atoms with Crippen molar-refractivity contribution in [1.29, 1.82) is 0 Å². The summed E-state index contributed by atoms with van der Waals surface area (Å²) in [5.74, 6) is 0.990. The second kappa shape index (κ2) is 6.66. The number of anilines is 1. The number of pyridine rings is 1. The van der Waals surface area contributed by atoms with Gasteiger partial charge < -0.3 is 5.32 Å². The van der Waals surface area contributed by atoms with Gasteiger partial charge in [-0.15, -0.1) is 0 Å². The van der Waals surface area contributed by atoms with Gasteiger partial charge >= 0.3 is 0 Å². The Kier molecular flexibility index (Phi) is 3.96. The summed E-state index contributed by atoms with van der Waals surface area (Å²) in [4.78, 5) is 26.7. The highest BCUT2D eigenvalue weighted by molar-refractivity contribution is 6.05. The van der Waals surface area contributed by atoms with E-state index in [1.807, 2.05) is 26.0 Å². The van der Waals surface area contributed by atoms with Crippen LogP contribution in [0.15, 0.2) is 42.6 Å². The molecule has 0 saturated heterocycles. The smallest absolute Gasteiger partial charge is 0.235 e. The number of amides is 1. The van der Waals surface area contributed by atoms with Crippen molar-refractivity contribution < 1.29 is 9.18 Å². The Balaban J connectivity index is 1.53. The van der Waals surface area contributed by atoms with E-state index >= 15 is 0 Å². The number of hydrogen-bond donors (Lipinski definition) is 1. The van der Waals surface area contributed by atoms with E-state index in [4.69, 9.17) is 15.1 Å². The van der Waals surface area contributed by atoms with Gasteiger partial charge in [-0.05, 0) is 44.9 Å². The van der Waals surface area contributed by atoms with Gasteiger partial charge in [0.05, 0.1) is 23.0 Å². The lowest BCUT2D eigenvalue weighted by atomic mass is 9.84. The van der Waals surface area contributed by atoms with Crippen molar-refractivity contribution in [2.24, 2.45) is 0 Å². The first-order valence-corrected chi connectivity index (χ1v) is 10.7. The average molecular weight is 428 g/mol. The van der Waals surface area contributed by atoms with E-state index in [0.717, 1.165) is 29.5 Å². The van der Waals surface area contributed by atoms with Crippen molar-refractivity contribution in [3.8, 4) is 11.5 Å². The van der Waals surface area contributed by atoms with E-state index < -0.39 is 5.41 Å². The molecule has 2 aliphatic rings. The van der Waals surface area contributed by atoms with E-state index in [1.54, 1.807) is 29.1 Å². The van der Waals surface area contributed by atoms with Crippen molar-refractivity contribution in [2.45, 2.75) is 44.6 Å². The first-order chi connectivity index (χ1) is 15.4. The number of benzene rings is 1. The van der Waals surface area contributed by atoms with Gasteiger partial charge in [-0.1, -0.05) is 18.2 Å². The van der Waals surface area contributed by atoms with Gasteiger partial charge in [0, 0.05) is 23.2 Å². The Labute approximate surface area is 183 Å². The molecular formula is C24H21FN6O. The highest BCUT2D eigenvalue weighted by Gasteiger charge is 2.45. The summed E-state index contributed by atoms with van der Waals surface area (Å²) >= 11 is 0. The minimum atomic E-state index is -0.667. The fourth-order valence-corrected chi connectivity index (χ4v) is 4.39. The maximum atomic E-state index is 14.3. The van der Waals surface area contributed by atoms with Crippen molar-refractivity contribution in [3.05, 3.63) is 65.2 Å². The molecule has 0 spiro atoms. The molecule has 1 aliphatic carbocycles. The highest BCUT2D eigenvalue weighted by atomic mass is 19.1. The molecule has 0 bridgehead atoms. The Morgan fingerprint density at radius 1 is 1.16 bits per heavy atom. The molecular weight excluding hydrogens is 407 g/mol. The number of aromatic nitrogens is 5. The zero-order valence-corrected chi connectivity index (χ0v) is 17.8. The molecule has 6 rings (SSSR count). The van der Waals surface area contributed by atoms with Crippen LogP contribution in [0, 0.1) is 5.82 Å². The summed E-state index contributed by atoms with van der Waals surface area (Å²) in [6.07, 6.45) is 3.79. The van der Waals surface area contributed by atoms with E-state index in [9.17, 15) is 9.18 Å². The van der Waals surface area contributed by atoms with Crippen LogP contribution in [0.5, 0.6) is 0 Å². The minimum absolute atomic E-state index is 0.0718. The van der Waals surface area contributed by atoms with E-state index in [0.29, 0.717) is 34.5 Å². The molecule has 32 heavy (non-hydrogen) atoms. The number of carbonyl (C=O) groups is 1. The molecule has 3 aromatic heterocycles. The number of nitrogens with zero attached hydrogens (tertiary/aromatic N) is 5. The first-order valence-electron chi connectivity index (χ1n) is 10.7. The normalized spacial score (nSPS) is 16.9. The van der Waals surface area contributed by atoms with Crippen LogP contribution in [0.25, 0.3) is 22.6 Å². The Hall–Kier alpha value is -3.68. The van der Waals surface area contributed by atoms with Crippen molar-refractivity contribution in [2.75, 3.05) is 5.32 Å². The van der Waals surface area contributed by atoms with Crippen LogP contribution in [0.1, 0.15) is 49.4 Å². The van der Waals surface area contributed by atoms with Crippen molar-refractivity contribution in [1.82, 2.24) is 24.7 Å². The Bertz CT molecular complexity index is 1410. The van der Waals surface area contributed by atoms with Gasteiger partial charge in [-0.25, -0.2) is 24.0 Å². The monoisotopic (exact) mass is 428 g/mol. The van der Waals surface area contributed by atoms with E-state index in [2.05, 4.69) is 10.3 Å². The third-order valence-corrected chi connectivity index (χ3v) is 6.32. The fourth-order valence-electron chi connectivity index (χ4n) is 4.39. The van der Waals surface area contributed by atoms with E-state index in [-0.39, 0.29) is 18.3 Å². The van der Waals surface area contributed by atoms with Crippen LogP contribution in [0.2, 0.25) is 0 Å². The van der Waals surface area contributed by atoms with Crippen LogP contribution in [-0.4, -0.2) is 30.6 Å². The van der Waals surface area contributed by atoms with Gasteiger partial charge in [0.15, 0.2) is 11.5 Å². The number of nitrogens with one attached hydrogen (secondary N) is 1. The van der Waals surface area contributed by atoms with Crippen LogP contribution in [0.4, 0.5) is 10.2 Å². The molecule has 160 valence electrons. The van der Waals surface area contributed by atoms with Gasteiger partial charge in [0.2, 0.25) is 5.91 Å². The predicted octanol–water partition coefficient (Wildman–Crippen LogP) is 4.18.